The maximum atomic E-state index is 6.05. The van der Waals surface area contributed by atoms with Gasteiger partial charge in [-0.1, -0.05) is 13.8 Å². The summed E-state index contributed by atoms with van der Waals surface area (Å²) in [6, 6.07) is 0.262. The smallest absolute Gasteiger partial charge is 0.0525 e. The third-order valence-corrected chi connectivity index (χ3v) is 2.59. The fraction of sp³-hybridized carbons (Fsp3) is 0.727. The van der Waals surface area contributed by atoms with Gasteiger partial charge in [0.05, 0.1) is 6.20 Å². The van der Waals surface area contributed by atoms with Crippen molar-refractivity contribution in [2.45, 2.75) is 39.7 Å². The third kappa shape index (κ3) is 2.84. The van der Waals surface area contributed by atoms with Gasteiger partial charge in [0.15, 0.2) is 0 Å². The van der Waals surface area contributed by atoms with Gasteiger partial charge in [-0.2, -0.15) is 5.10 Å². The second-order valence-corrected chi connectivity index (χ2v) is 4.47. The molecule has 3 nitrogen and oxygen atoms in total. The Morgan fingerprint density at radius 3 is 2.57 bits per heavy atom. The van der Waals surface area contributed by atoms with Crippen molar-refractivity contribution in [2.75, 3.05) is 0 Å². The second-order valence-electron chi connectivity index (χ2n) is 4.47. The van der Waals surface area contributed by atoms with Crippen LogP contribution in [0.2, 0.25) is 0 Å². The van der Waals surface area contributed by atoms with Crippen LogP contribution in [0.5, 0.6) is 0 Å². The van der Waals surface area contributed by atoms with Crippen LogP contribution in [0, 0.1) is 12.8 Å². The lowest BCUT2D eigenvalue weighted by Crippen LogP contribution is -2.24. The molecule has 1 aromatic rings. The molecule has 0 saturated carbocycles. The minimum absolute atomic E-state index is 0.262. The Bertz CT molecular complexity index is 289. The number of hydrogen-bond donors (Lipinski definition) is 1. The zero-order valence-corrected chi connectivity index (χ0v) is 9.62. The number of aryl methyl sites for hydroxylation is 1. The molecule has 0 amide bonds. The summed E-state index contributed by atoms with van der Waals surface area (Å²) in [5.41, 5.74) is 8.55. The molecule has 0 aliphatic rings. The molecule has 0 radical (unpaired) electrons. The van der Waals surface area contributed by atoms with Crippen molar-refractivity contribution < 1.29 is 0 Å². The molecule has 1 unspecified atom stereocenters. The van der Waals surface area contributed by atoms with Crippen LogP contribution in [0.3, 0.4) is 0 Å². The topological polar surface area (TPSA) is 43.8 Å². The Morgan fingerprint density at radius 2 is 2.14 bits per heavy atom. The fourth-order valence-electron chi connectivity index (χ4n) is 1.72. The van der Waals surface area contributed by atoms with Crippen LogP contribution in [0.4, 0.5) is 0 Å². The van der Waals surface area contributed by atoms with Gasteiger partial charge in [-0.3, -0.25) is 4.68 Å². The molecule has 14 heavy (non-hydrogen) atoms. The molecule has 0 spiro atoms. The lowest BCUT2D eigenvalue weighted by molar-refractivity contribution is 0.492. The Balaban J connectivity index is 2.56. The molecular weight excluding hydrogens is 174 g/mol. The summed E-state index contributed by atoms with van der Waals surface area (Å²) < 4.78 is 1.90. The van der Waals surface area contributed by atoms with Crippen molar-refractivity contribution in [3.8, 4) is 0 Å². The van der Waals surface area contributed by atoms with Crippen molar-refractivity contribution in [3.63, 3.8) is 0 Å². The van der Waals surface area contributed by atoms with E-state index in [4.69, 9.17) is 5.73 Å². The van der Waals surface area contributed by atoms with Gasteiger partial charge in [0, 0.05) is 18.8 Å². The number of aromatic nitrogens is 2. The lowest BCUT2D eigenvalue weighted by Gasteiger charge is -2.13. The van der Waals surface area contributed by atoms with Crippen molar-refractivity contribution >= 4 is 0 Å². The maximum Gasteiger partial charge on any atom is 0.0525 e. The predicted molar refractivity (Wildman–Crippen MR) is 59.1 cm³/mol. The van der Waals surface area contributed by atoms with E-state index in [1.54, 1.807) is 0 Å². The average molecular weight is 195 g/mol. The summed E-state index contributed by atoms with van der Waals surface area (Å²) in [6.45, 7) is 6.50. The van der Waals surface area contributed by atoms with Gasteiger partial charge in [0.2, 0.25) is 0 Å². The first kappa shape index (κ1) is 11.2. The molecule has 1 atom stereocenters. The molecule has 0 aliphatic carbocycles. The molecule has 0 aromatic carbocycles. The van der Waals surface area contributed by atoms with Crippen molar-refractivity contribution in [1.29, 1.82) is 0 Å². The SMILES string of the molecule is Cc1c(CC(N)CC(C)C)cnn1C. The molecule has 0 fully saturated rings. The molecule has 0 saturated heterocycles. The van der Waals surface area contributed by atoms with Gasteiger partial charge >= 0.3 is 0 Å². The highest BCUT2D eigenvalue weighted by Gasteiger charge is 2.10. The number of nitrogens with two attached hydrogens (primary N) is 1. The maximum absolute atomic E-state index is 6.05. The Kier molecular flexibility index (Phi) is 3.69. The quantitative estimate of drug-likeness (QED) is 0.793. The zero-order valence-electron chi connectivity index (χ0n) is 9.62. The van der Waals surface area contributed by atoms with Crippen LogP contribution < -0.4 is 5.73 Å². The van der Waals surface area contributed by atoms with Gasteiger partial charge in [0.25, 0.3) is 0 Å². The van der Waals surface area contributed by atoms with Crippen molar-refractivity contribution in [3.05, 3.63) is 17.5 Å². The molecular formula is C11H21N3. The second kappa shape index (κ2) is 4.60. The van der Waals surface area contributed by atoms with E-state index in [-0.39, 0.29) is 6.04 Å². The highest BCUT2D eigenvalue weighted by molar-refractivity contribution is 5.16. The van der Waals surface area contributed by atoms with Crippen LogP contribution in [-0.2, 0) is 13.5 Å². The molecule has 1 heterocycles. The molecule has 0 aliphatic heterocycles. The van der Waals surface area contributed by atoms with Crippen LogP contribution in [0.25, 0.3) is 0 Å². The van der Waals surface area contributed by atoms with Gasteiger partial charge in [0.1, 0.15) is 0 Å². The highest BCUT2D eigenvalue weighted by Crippen LogP contribution is 2.12. The normalized spacial score (nSPS) is 13.6. The van der Waals surface area contributed by atoms with Crippen LogP contribution in [0.1, 0.15) is 31.5 Å². The number of nitrogens with zero attached hydrogens (tertiary/aromatic N) is 2. The van der Waals surface area contributed by atoms with Gasteiger partial charge in [-0.15, -0.1) is 0 Å². The predicted octanol–water partition coefficient (Wildman–Crippen LogP) is 1.64. The molecule has 1 rings (SSSR count). The monoisotopic (exact) mass is 195 g/mol. The van der Waals surface area contributed by atoms with Crippen molar-refractivity contribution in [2.24, 2.45) is 18.7 Å². The van der Waals surface area contributed by atoms with Crippen LogP contribution in [0.15, 0.2) is 6.20 Å². The first-order chi connectivity index (χ1) is 6.50. The van der Waals surface area contributed by atoms with E-state index in [1.165, 1.54) is 11.3 Å². The third-order valence-electron chi connectivity index (χ3n) is 2.59. The summed E-state index contributed by atoms with van der Waals surface area (Å²) in [4.78, 5) is 0. The first-order valence-electron chi connectivity index (χ1n) is 5.23. The zero-order chi connectivity index (χ0) is 10.7. The summed E-state index contributed by atoms with van der Waals surface area (Å²) in [6.07, 6.45) is 3.95. The van der Waals surface area contributed by atoms with Gasteiger partial charge < -0.3 is 5.73 Å². The van der Waals surface area contributed by atoms with Gasteiger partial charge in [-0.25, -0.2) is 0 Å². The number of hydrogen-bond acceptors (Lipinski definition) is 2. The van der Waals surface area contributed by atoms with E-state index >= 15 is 0 Å². The van der Waals surface area contributed by atoms with Crippen molar-refractivity contribution in [1.82, 2.24) is 9.78 Å². The summed E-state index contributed by atoms with van der Waals surface area (Å²) in [7, 11) is 1.97. The first-order valence-corrected chi connectivity index (χ1v) is 5.23. The van der Waals surface area contributed by atoms with E-state index < -0.39 is 0 Å². The summed E-state index contributed by atoms with van der Waals surface area (Å²) >= 11 is 0. The van der Waals surface area contributed by atoms with Crippen LogP contribution in [-0.4, -0.2) is 15.8 Å². The molecule has 0 bridgehead atoms. The van der Waals surface area contributed by atoms with E-state index in [9.17, 15) is 0 Å². The number of rotatable bonds is 4. The summed E-state index contributed by atoms with van der Waals surface area (Å²) in [5, 5.41) is 4.21. The molecule has 2 N–H and O–H groups in total. The minimum Gasteiger partial charge on any atom is -0.327 e. The van der Waals surface area contributed by atoms with Crippen LogP contribution >= 0.6 is 0 Å². The summed E-state index contributed by atoms with van der Waals surface area (Å²) in [5.74, 6) is 0.668. The molecule has 80 valence electrons. The lowest BCUT2D eigenvalue weighted by atomic mass is 9.98. The average Bonchev–Trinajstić information content (AvgIpc) is 2.34. The largest absolute Gasteiger partial charge is 0.327 e. The van der Waals surface area contributed by atoms with E-state index in [0.29, 0.717) is 5.92 Å². The fourth-order valence-corrected chi connectivity index (χ4v) is 1.72. The van der Waals surface area contributed by atoms with E-state index in [0.717, 1.165) is 12.8 Å². The minimum atomic E-state index is 0.262. The molecule has 3 heteroatoms. The highest BCUT2D eigenvalue weighted by atomic mass is 15.3. The van der Waals surface area contributed by atoms with E-state index in [2.05, 4.69) is 25.9 Å². The Morgan fingerprint density at radius 1 is 1.50 bits per heavy atom. The molecule has 1 aromatic heterocycles. The van der Waals surface area contributed by atoms with Gasteiger partial charge in [-0.05, 0) is 31.2 Å². The Labute approximate surface area is 86.3 Å². The standard InChI is InChI=1S/C11H21N3/c1-8(2)5-11(12)6-10-7-13-14(4)9(10)3/h7-8,11H,5-6,12H2,1-4H3. The van der Waals surface area contributed by atoms with E-state index in [1.807, 2.05) is 17.9 Å². The Hall–Kier alpha value is -0.830.